The molecule has 4 nitrogen and oxygen atoms in total. The molecule has 0 aliphatic carbocycles. The Morgan fingerprint density at radius 1 is 2.00 bits per heavy atom. The van der Waals surface area contributed by atoms with Crippen molar-refractivity contribution < 1.29 is 10.0 Å². The zero-order chi connectivity index (χ0) is 5.70. The lowest BCUT2D eigenvalue weighted by Gasteiger charge is -1.68. The lowest BCUT2D eigenvalue weighted by Crippen LogP contribution is -1.92. The fourth-order valence-corrected chi connectivity index (χ4v) is 0.0723. The summed E-state index contributed by atoms with van der Waals surface area (Å²) in [5.41, 5.74) is -0.514. The fraction of sp³-hybridized carbons (Fsp3) is 0. The van der Waals surface area contributed by atoms with E-state index in [1.165, 1.54) is 6.07 Å². The highest BCUT2D eigenvalue weighted by molar-refractivity contribution is 6.35. The van der Waals surface area contributed by atoms with Gasteiger partial charge in [-0.15, -0.1) is 0 Å². The van der Waals surface area contributed by atoms with Crippen molar-refractivity contribution in [3.63, 3.8) is 0 Å². The average molecular weight is 98.1 g/mol. The topological polar surface area (TPSA) is 73.5 Å². The van der Waals surface area contributed by atoms with Crippen LogP contribution in [0.25, 0.3) is 0 Å². The lowest BCUT2D eigenvalue weighted by atomic mass is 10.5. The molecule has 0 unspecified atom stereocenters. The van der Waals surface area contributed by atoms with E-state index in [-0.39, 0.29) is 6.29 Å². The summed E-state index contributed by atoms with van der Waals surface area (Å²) < 4.78 is 0. The van der Waals surface area contributed by atoms with E-state index < -0.39 is 5.71 Å². The molecule has 0 amide bonds. The minimum atomic E-state index is -0.514. The minimum absolute atomic E-state index is 0.167. The number of hydrogen-bond donors (Lipinski definition) is 1. The third-order valence-electron chi connectivity index (χ3n) is 0.334. The van der Waals surface area contributed by atoms with Gasteiger partial charge in [0.1, 0.15) is 6.07 Å². The number of aldehydes is 1. The van der Waals surface area contributed by atoms with Gasteiger partial charge in [-0.1, -0.05) is 5.16 Å². The van der Waals surface area contributed by atoms with Crippen LogP contribution in [-0.4, -0.2) is 17.2 Å². The van der Waals surface area contributed by atoms with Crippen LogP contribution >= 0.6 is 0 Å². The highest BCUT2D eigenvalue weighted by Crippen LogP contribution is 1.61. The molecular weight excluding hydrogens is 96.0 g/mol. The first-order valence-electron chi connectivity index (χ1n) is 1.42. The summed E-state index contributed by atoms with van der Waals surface area (Å²) in [6, 6.07) is 1.33. The van der Waals surface area contributed by atoms with Crippen molar-refractivity contribution in [2.24, 2.45) is 5.16 Å². The van der Waals surface area contributed by atoms with Crippen LogP contribution < -0.4 is 0 Å². The Hall–Kier alpha value is -1.37. The Kier molecular flexibility index (Phi) is 2.29. The molecule has 0 radical (unpaired) electrons. The molecule has 0 saturated carbocycles. The van der Waals surface area contributed by atoms with Gasteiger partial charge in [-0.3, -0.25) is 4.79 Å². The van der Waals surface area contributed by atoms with Gasteiger partial charge in [-0.2, -0.15) is 5.26 Å². The molecule has 7 heavy (non-hydrogen) atoms. The second kappa shape index (κ2) is 2.85. The number of nitriles is 1. The molecule has 0 bridgehead atoms. The van der Waals surface area contributed by atoms with E-state index in [0.29, 0.717) is 0 Å². The number of carbonyl (C=O) groups excluding carboxylic acids is 1. The maximum Gasteiger partial charge on any atom is 0.219 e. The van der Waals surface area contributed by atoms with Gasteiger partial charge in [0.25, 0.3) is 0 Å². The van der Waals surface area contributed by atoms with E-state index in [4.69, 9.17) is 10.5 Å². The highest BCUT2D eigenvalue weighted by atomic mass is 16.4. The van der Waals surface area contributed by atoms with Crippen molar-refractivity contribution >= 4 is 12.0 Å². The summed E-state index contributed by atoms with van der Waals surface area (Å²) in [7, 11) is 0. The zero-order valence-electron chi connectivity index (χ0n) is 3.33. The van der Waals surface area contributed by atoms with Crippen LogP contribution in [0, 0.1) is 11.3 Å². The molecule has 4 heteroatoms. The third kappa shape index (κ3) is 1.49. The molecule has 0 fully saturated rings. The maximum absolute atomic E-state index is 9.45. The fourth-order valence-electron chi connectivity index (χ4n) is 0.0723. The molecule has 0 atom stereocenters. The monoisotopic (exact) mass is 98.0 g/mol. The molecule has 0 aliphatic rings. The van der Waals surface area contributed by atoms with Crippen LogP contribution in [0.3, 0.4) is 0 Å². The van der Waals surface area contributed by atoms with Crippen molar-refractivity contribution in [1.29, 1.82) is 5.26 Å². The van der Waals surface area contributed by atoms with Crippen LogP contribution in [-0.2, 0) is 4.79 Å². The molecule has 0 aliphatic heterocycles. The zero-order valence-corrected chi connectivity index (χ0v) is 3.33. The Morgan fingerprint density at radius 3 is 2.57 bits per heavy atom. The molecule has 0 heterocycles. The van der Waals surface area contributed by atoms with E-state index >= 15 is 0 Å². The first-order valence-corrected chi connectivity index (χ1v) is 1.42. The van der Waals surface area contributed by atoms with E-state index in [1.807, 2.05) is 0 Å². The second-order valence-corrected chi connectivity index (χ2v) is 0.715. The van der Waals surface area contributed by atoms with Gasteiger partial charge in [0.15, 0.2) is 6.29 Å². The summed E-state index contributed by atoms with van der Waals surface area (Å²) in [6.45, 7) is 0. The van der Waals surface area contributed by atoms with Crippen molar-refractivity contribution in [2.75, 3.05) is 0 Å². The van der Waals surface area contributed by atoms with Crippen molar-refractivity contribution in [3.05, 3.63) is 0 Å². The van der Waals surface area contributed by atoms with Crippen LogP contribution in [0.2, 0.25) is 0 Å². The summed E-state index contributed by atoms with van der Waals surface area (Å²) in [6.07, 6.45) is 0.167. The van der Waals surface area contributed by atoms with Crippen molar-refractivity contribution in [3.8, 4) is 6.07 Å². The van der Waals surface area contributed by atoms with E-state index in [1.54, 1.807) is 0 Å². The van der Waals surface area contributed by atoms with Crippen LogP contribution in [0.4, 0.5) is 0 Å². The van der Waals surface area contributed by atoms with E-state index in [2.05, 4.69) is 5.16 Å². The smallest absolute Gasteiger partial charge is 0.219 e. The first kappa shape index (κ1) is 5.63. The molecule has 0 saturated heterocycles. The average Bonchev–Trinajstić information content (AvgIpc) is 1.72. The number of carbonyl (C=O) groups is 1. The van der Waals surface area contributed by atoms with Crippen LogP contribution in [0.1, 0.15) is 0 Å². The lowest BCUT2D eigenvalue weighted by molar-refractivity contribution is -0.102. The number of oxime groups is 1. The number of rotatable bonds is 1. The SMILES string of the molecule is N#CC(C=O)=NO. The molecule has 0 aromatic heterocycles. The predicted octanol–water partition coefficient (Wildman–Crippen LogP) is -0.461. The largest absolute Gasteiger partial charge is 0.410 e. The molecule has 0 spiro atoms. The molecular formula is C3H2N2O2. The summed E-state index contributed by atoms with van der Waals surface area (Å²) in [5.74, 6) is 0. The van der Waals surface area contributed by atoms with E-state index in [9.17, 15) is 4.79 Å². The van der Waals surface area contributed by atoms with Gasteiger partial charge in [-0.25, -0.2) is 0 Å². The van der Waals surface area contributed by atoms with E-state index in [0.717, 1.165) is 0 Å². The second-order valence-electron chi connectivity index (χ2n) is 0.715. The Morgan fingerprint density at radius 2 is 2.57 bits per heavy atom. The Balaban J connectivity index is 3.94. The van der Waals surface area contributed by atoms with Gasteiger partial charge >= 0.3 is 0 Å². The number of hydrogen-bond acceptors (Lipinski definition) is 4. The summed E-state index contributed by atoms with van der Waals surface area (Å²) in [5, 5.41) is 17.7. The first-order chi connectivity index (χ1) is 3.35. The van der Waals surface area contributed by atoms with Gasteiger partial charge in [0.05, 0.1) is 0 Å². The van der Waals surface area contributed by atoms with Gasteiger partial charge in [0.2, 0.25) is 5.71 Å². The minimum Gasteiger partial charge on any atom is -0.410 e. The Bertz CT molecular complexity index is 132. The normalized spacial score (nSPS) is 9.86. The third-order valence-corrected chi connectivity index (χ3v) is 0.334. The predicted molar refractivity (Wildman–Crippen MR) is 20.9 cm³/mol. The molecule has 0 aromatic carbocycles. The molecule has 0 aromatic rings. The van der Waals surface area contributed by atoms with Gasteiger partial charge in [0, 0.05) is 0 Å². The molecule has 36 valence electrons. The quantitative estimate of drug-likeness (QED) is 0.209. The summed E-state index contributed by atoms with van der Waals surface area (Å²) in [4.78, 5) is 9.45. The summed E-state index contributed by atoms with van der Waals surface area (Å²) >= 11 is 0. The van der Waals surface area contributed by atoms with Crippen molar-refractivity contribution in [2.45, 2.75) is 0 Å². The van der Waals surface area contributed by atoms with Gasteiger partial charge < -0.3 is 5.21 Å². The molecule has 1 N–H and O–H groups in total. The van der Waals surface area contributed by atoms with Crippen LogP contribution in [0.5, 0.6) is 0 Å². The maximum atomic E-state index is 9.45. The standard InChI is InChI=1S/C3H2N2O2/c4-1-3(2-6)5-7/h2,7H. The Labute approximate surface area is 39.7 Å². The number of nitrogens with zero attached hydrogens (tertiary/aromatic N) is 2. The highest BCUT2D eigenvalue weighted by Gasteiger charge is 1.87. The van der Waals surface area contributed by atoms with Crippen LogP contribution in [0.15, 0.2) is 5.16 Å². The van der Waals surface area contributed by atoms with Gasteiger partial charge in [-0.05, 0) is 0 Å². The van der Waals surface area contributed by atoms with Crippen molar-refractivity contribution in [1.82, 2.24) is 0 Å². The molecule has 0 rings (SSSR count).